The van der Waals surface area contributed by atoms with E-state index < -0.39 is 24.4 Å². The van der Waals surface area contributed by atoms with E-state index >= 15 is 0 Å². The van der Waals surface area contributed by atoms with E-state index in [9.17, 15) is 10.2 Å². The minimum Gasteiger partial charge on any atom is -0.394 e. The zero-order valence-corrected chi connectivity index (χ0v) is 6.76. The van der Waals surface area contributed by atoms with Crippen molar-refractivity contribution in [1.82, 2.24) is 0 Å². The molecule has 1 rings (SSSR count). The van der Waals surface area contributed by atoms with Gasteiger partial charge in [0.25, 0.3) is 0 Å². The van der Waals surface area contributed by atoms with Gasteiger partial charge in [0.05, 0.1) is 12.7 Å². The van der Waals surface area contributed by atoms with Crippen molar-refractivity contribution in [3.8, 4) is 0 Å². The Morgan fingerprint density at radius 2 is 1.83 bits per heavy atom. The van der Waals surface area contributed by atoms with Crippen molar-refractivity contribution >= 4 is 0 Å². The number of aliphatic hydroxyl groups is 3. The fraction of sp³-hybridized carbons (Fsp3) is 0.750. The standard InChI is InChI=1S/C8H14O4/c1-2-3-5-7(10)8(11)6(4-9)12-5/h2,5-11H,1,3-4H2/t5-,6-,7-,8+/m1/s1. The molecule has 0 spiro atoms. The maximum Gasteiger partial charge on any atom is 0.111 e. The lowest BCUT2D eigenvalue weighted by Gasteiger charge is -2.11. The van der Waals surface area contributed by atoms with E-state index in [0.717, 1.165) is 0 Å². The molecule has 12 heavy (non-hydrogen) atoms. The number of ether oxygens (including phenoxy) is 1. The second-order valence-corrected chi connectivity index (χ2v) is 2.90. The predicted molar refractivity (Wildman–Crippen MR) is 42.6 cm³/mol. The molecule has 0 saturated carbocycles. The van der Waals surface area contributed by atoms with Crippen LogP contribution < -0.4 is 0 Å². The molecule has 1 heterocycles. The number of hydrogen-bond donors (Lipinski definition) is 3. The average Bonchev–Trinajstić information content (AvgIpc) is 2.33. The fourth-order valence-electron chi connectivity index (χ4n) is 1.34. The predicted octanol–water partition coefficient (Wildman–Crippen LogP) is -0.956. The highest BCUT2D eigenvalue weighted by atomic mass is 16.6. The normalized spacial score (nSPS) is 41.6. The van der Waals surface area contributed by atoms with Crippen LogP contribution in [0.15, 0.2) is 12.7 Å². The van der Waals surface area contributed by atoms with Gasteiger partial charge < -0.3 is 20.1 Å². The van der Waals surface area contributed by atoms with Crippen LogP contribution in [0.5, 0.6) is 0 Å². The summed E-state index contributed by atoms with van der Waals surface area (Å²) in [6.45, 7) is 3.23. The molecule has 4 atom stereocenters. The largest absolute Gasteiger partial charge is 0.394 e. The SMILES string of the molecule is C=CC[C@H]1O[C@H](CO)[C@H](O)[C@@H]1O. The van der Waals surface area contributed by atoms with E-state index in [1.165, 1.54) is 0 Å². The van der Waals surface area contributed by atoms with Crippen LogP contribution in [0.3, 0.4) is 0 Å². The van der Waals surface area contributed by atoms with E-state index in [1.807, 2.05) is 0 Å². The van der Waals surface area contributed by atoms with Gasteiger partial charge in [0.15, 0.2) is 0 Å². The van der Waals surface area contributed by atoms with E-state index in [-0.39, 0.29) is 6.61 Å². The Kier molecular flexibility index (Phi) is 3.22. The van der Waals surface area contributed by atoms with Crippen molar-refractivity contribution in [1.29, 1.82) is 0 Å². The Balaban J connectivity index is 2.53. The molecule has 1 aliphatic rings. The van der Waals surface area contributed by atoms with Crippen LogP contribution >= 0.6 is 0 Å². The molecule has 4 heteroatoms. The molecule has 70 valence electrons. The zero-order chi connectivity index (χ0) is 9.14. The summed E-state index contributed by atoms with van der Waals surface area (Å²) >= 11 is 0. The highest BCUT2D eigenvalue weighted by Crippen LogP contribution is 2.23. The molecule has 0 amide bonds. The summed E-state index contributed by atoms with van der Waals surface area (Å²) in [5.74, 6) is 0. The molecule has 0 bridgehead atoms. The van der Waals surface area contributed by atoms with Gasteiger partial charge in [0, 0.05) is 0 Å². The van der Waals surface area contributed by atoms with Gasteiger partial charge in [-0.2, -0.15) is 0 Å². The van der Waals surface area contributed by atoms with E-state index in [0.29, 0.717) is 6.42 Å². The maximum atomic E-state index is 9.36. The van der Waals surface area contributed by atoms with Crippen LogP contribution in [0.1, 0.15) is 6.42 Å². The average molecular weight is 174 g/mol. The monoisotopic (exact) mass is 174 g/mol. The summed E-state index contributed by atoms with van der Waals surface area (Å²) in [5, 5.41) is 27.4. The summed E-state index contributed by atoms with van der Waals surface area (Å²) in [5.41, 5.74) is 0. The van der Waals surface area contributed by atoms with Gasteiger partial charge in [-0.25, -0.2) is 0 Å². The lowest BCUT2D eigenvalue weighted by Crippen LogP contribution is -2.33. The highest BCUT2D eigenvalue weighted by molar-refractivity contribution is 4.93. The van der Waals surface area contributed by atoms with Crippen LogP contribution in [0.2, 0.25) is 0 Å². The first-order chi connectivity index (χ1) is 5.70. The van der Waals surface area contributed by atoms with Crippen molar-refractivity contribution in [2.45, 2.75) is 30.8 Å². The third-order valence-corrected chi connectivity index (χ3v) is 2.04. The van der Waals surface area contributed by atoms with Crippen LogP contribution in [-0.4, -0.2) is 46.3 Å². The smallest absolute Gasteiger partial charge is 0.111 e. The molecule has 4 nitrogen and oxygen atoms in total. The molecule has 0 aliphatic carbocycles. The molecule has 3 N–H and O–H groups in total. The summed E-state index contributed by atoms with van der Waals surface area (Å²) in [7, 11) is 0. The van der Waals surface area contributed by atoms with Crippen LogP contribution in [0, 0.1) is 0 Å². The summed E-state index contributed by atoms with van der Waals surface area (Å²) < 4.78 is 5.15. The minimum absolute atomic E-state index is 0.272. The molecule has 0 aromatic carbocycles. The minimum atomic E-state index is -0.986. The zero-order valence-electron chi connectivity index (χ0n) is 6.76. The maximum absolute atomic E-state index is 9.36. The summed E-state index contributed by atoms with van der Waals surface area (Å²) in [4.78, 5) is 0. The quantitative estimate of drug-likeness (QED) is 0.482. The molecule has 0 radical (unpaired) electrons. The van der Waals surface area contributed by atoms with Gasteiger partial charge >= 0.3 is 0 Å². The molecular weight excluding hydrogens is 160 g/mol. The topological polar surface area (TPSA) is 69.9 Å². The first kappa shape index (κ1) is 9.67. The number of hydrogen-bond acceptors (Lipinski definition) is 4. The lowest BCUT2D eigenvalue weighted by atomic mass is 10.1. The Hall–Kier alpha value is -0.420. The van der Waals surface area contributed by atoms with E-state index in [1.54, 1.807) is 6.08 Å². The van der Waals surface area contributed by atoms with Gasteiger partial charge in [-0.3, -0.25) is 0 Å². The third-order valence-electron chi connectivity index (χ3n) is 2.04. The van der Waals surface area contributed by atoms with Gasteiger partial charge in [0.1, 0.15) is 18.3 Å². The van der Waals surface area contributed by atoms with E-state index in [4.69, 9.17) is 9.84 Å². The first-order valence-electron chi connectivity index (χ1n) is 3.94. The van der Waals surface area contributed by atoms with Crippen molar-refractivity contribution in [3.63, 3.8) is 0 Å². The van der Waals surface area contributed by atoms with E-state index in [2.05, 4.69) is 6.58 Å². The van der Waals surface area contributed by atoms with Gasteiger partial charge in [-0.05, 0) is 6.42 Å². The van der Waals surface area contributed by atoms with Crippen LogP contribution in [-0.2, 0) is 4.74 Å². The van der Waals surface area contributed by atoms with Crippen molar-refractivity contribution in [2.75, 3.05) is 6.61 Å². The third kappa shape index (κ3) is 1.67. The van der Waals surface area contributed by atoms with Gasteiger partial charge in [-0.15, -0.1) is 6.58 Å². The molecule has 1 saturated heterocycles. The molecular formula is C8H14O4. The van der Waals surface area contributed by atoms with Crippen LogP contribution in [0.4, 0.5) is 0 Å². The number of aliphatic hydroxyl groups excluding tert-OH is 3. The van der Waals surface area contributed by atoms with Crippen molar-refractivity contribution in [3.05, 3.63) is 12.7 Å². The summed E-state index contributed by atoms with van der Waals surface area (Å²) in [6, 6.07) is 0. The van der Waals surface area contributed by atoms with Crippen LogP contribution in [0.25, 0.3) is 0 Å². The Morgan fingerprint density at radius 3 is 2.25 bits per heavy atom. The van der Waals surface area contributed by atoms with Crippen molar-refractivity contribution in [2.24, 2.45) is 0 Å². The second-order valence-electron chi connectivity index (χ2n) is 2.90. The van der Waals surface area contributed by atoms with Gasteiger partial charge in [0.2, 0.25) is 0 Å². The molecule has 0 aromatic heterocycles. The number of rotatable bonds is 3. The summed E-state index contributed by atoms with van der Waals surface area (Å²) in [6.07, 6.45) is -0.908. The molecule has 1 fully saturated rings. The first-order valence-corrected chi connectivity index (χ1v) is 3.94. The second kappa shape index (κ2) is 4.00. The highest BCUT2D eigenvalue weighted by Gasteiger charge is 2.41. The Bertz CT molecular complexity index is 159. The van der Waals surface area contributed by atoms with Gasteiger partial charge in [-0.1, -0.05) is 6.08 Å². The molecule has 1 aliphatic heterocycles. The fourth-order valence-corrected chi connectivity index (χ4v) is 1.34. The lowest BCUT2D eigenvalue weighted by molar-refractivity contribution is -0.0208. The Labute approximate surface area is 71.1 Å². The molecule has 0 unspecified atom stereocenters. The molecule has 0 aromatic rings. The Morgan fingerprint density at radius 1 is 1.25 bits per heavy atom. The van der Waals surface area contributed by atoms with Crippen molar-refractivity contribution < 1.29 is 20.1 Å².